The molecule has 0 bridgehead atoms. The van der Waals surface area contributed by atoms with Gasteiger partial charge < -0.3 is 9.84 Å². The Morgan fingerprint density at radius 1 is 1.08 bits per heavy atom. The minimum Gasteiger partial charge on any atom is -0.478 e. The molecule has 1 aromatic carbocycles. The fourth-order valence-electron chi connectivity index (χ4n) is 3.09. The molecular weight excluding hydrogens is 304 g/mol. The van der Waals surface area contributed by atoms with Crippen LogP contribution in [0.5, 0.6) is 0 Å². The monoisotopic (exact) mass is 330 g/mol. The molecule has 4 nitrogen and oxygen atoms in total. The molecule has 0 unspecified atom stereocenters. The lowest BCUT2D eigenvalue weighted by Gasteiger charge is -2.27. The van der Waals surface area contributed by atoms with Crippen LogP contribution in [-0.4, -0.2) is 22.6 Å². The molecule has 4 heteroatoms. The second-order valence-corrected chi connectivity index (χ2v) is 7.43. The standard InChI is InChI=1S/C20H26O4/c1-20(2,3)24-18(21)13-6-14-4-7-15(8-5-14)16-9-11-17(12-10-16)19(22)23/h6,9-15H,4-5,7-8H2,1-3H3,(H,22,23)/t14-,15-. The van der Waals surface area contributed by atoms with E-state index in [-0.39, 0.29) is 5.97 Å². The summed E-state index contributed by atoms with van der Waals surface area (Å²) in [6, 6.07) is 7.19. The first-order valence-electron chi connectivity index (χ1n) is 8.49. The van der Waals surface area contributed by atoms with Crippen molar-refractivity contribution in [3.8, 4) is 0 Å². The molecular formula is C20H26O4. The number of hydrogen-bond acceptors (Lipinski definition) is 3. The molecule has 0 amide bonds. The Bertz CT molecular complexity index is 600. The fourth-order valence-corrected chi connectivity index (χ4v) is 3.09. The number of esters is 1. The van der Waals surface area contributed by atoms with Gasteiger partial charge in [0.05, 0.1) is 5.56 Å². The average molecular weight is 330 g/mol. The van der Waals surface area contributed by atoms with E-state index < -0.39 is 11.6 Å². The molecule has 0 radical (unpaired) electrons. The Hall–Kier alpha value is -2.10. The first-order chi connectivity index (χ1) is 11.2. The summed E-state index contributed by atoms with van der Waals surface area (Å²) in [6.07, 6.45) is 7.69. The first kappa shape index (κ1) is 18.2. The third-order valence-electron chi connectivity index (χ3n) is 4.31. The van der Waals surface area contributed by atoms with Crippen LogP contribution in [0.4, 0.5) is 0 Å². The molecule has 1 N–H and O–H groups in total. The second kappa shape index (κ2) is 7.65. The van der Waals surface area contributed by atoms with Gasteiger partial charge in [0.1, 0.15) is 5.60 Å². The Balaban J connectivity index is 1.85. The molecule has 1 saturated carbocycles. The lowest BCUT2D eigenvalue weighted by molar-refractivity contribution is -0.148. The minimum atomic E-state index is -0.891. The summed E-state index contributed by atoms with van der Waals surface area (Å²) < 4.78 is 5.28. The highest BCUT2D eigenvalue weighted by Gasteiger charge is 2.21. The molecule has 130 valence electrons. The quantitative estimate of drug-likeness (QED) is 0.649. The van der Waals surface area contributed by atoms with Gasteiger partial charge in [0.15, 0.2) is 0 Å². The van der Waals surface area contributed by atoms with Crippen molar-refractivity contribution in [3.05, 3.63) is 47.5 Å². The summed E-state index contributed by atoms with van der Waals surface area (Å²) >= 11 is 0. The topological polar surface area (TPSA) is 63.6 Å². The summed E-state index contributed by atoms with van der Waals surface area (Å²) in [5, 5.41) is 8.95. The van der Waals surface area contributed by atoms with Crippen LogP contribution in [0, 0.1) is 5.92 Å². The molecule has 0 aromatic heterocycles. The summed E-state index contributed by atoms with van der Waals surface area (Å²) in [5.74, 6) is -0.294. The van der Waals surface area contributed by atoms with Crippen LogP contribution in [0.2, 0.25) is 0 Å². The maximum atomic E-state index is 11.7. The number of benzene rings is 1. The van der Waals surface area contributed by atoms with Crippen molar-refractivity contribution in [1.29, 1.82) is 0 Å². The molecule has 0 aliphatic heterocycles. The van der Waals surface area contributed by atoms with Gasteiger partial charge in [0, 0.05) is 6.08 Å². The Labute approximate surface area is 143 Å². The van der Waals surface area contributed by atoms with Gasteiger partial charge in [-0.3, -0.25) is 0 Å². The Kier molecular flexibility index (Phi) is 5.81. The number of carboxylic acids is 1. The van der Waals surface area contributed by atoms with Crippen molar-refractivity contribution < 1.29 is 19.4 Å². The van der Waals surface area contributed by atoms with Gasteiger partial charge in [-0.2, -0.15) is 0 Å². The molecule has 1 aliphatic rings. The van der Waals surface area contributed by atoms with E-state index in [9.17, 15) is 9.59 Å². The number of allylic oxidation sites excluding steroid dienone is 1. The predicted molar refractivity (Wildman–Crippen MR) is 93.1 cm³/mol. The van der Waals surface area contributed by atoms with Crippen LogP contribution in [0.15, 0.2) is 36.4 Å². The van der Waals surface area contributed by atoms with E-state index >= 15 is 0 Å². The van der Waals surface area contributed by atoms with E-state index in [4.69, 9.17) is 9.84 Å². The van der Waals surface area contributed by atoms with Crippen LogP contribution in [0.3, 0.4) is 0 Å². The Morgan fingerprint density at radius 3 is 2.17 bits per heavy atom. The maximum absolute atomic E-state index is 11.7. The third-order valence-corrected chi connectivity index (χ3v) is 4.31. The number of aromatic carboxylic acids is 1. The van der Waals surface area contributed by atoms with Gasteiger partial charge in [-0.25, -0.2) is 9.59 Å². The first-order valence-corrected chi connectivity index (χ1v) is 8.49. The predicted octanol–water partition coefficient (Wildman–Crippen LogP) is 4.56. The van der Waals surface area contributed by atoms with Crippen LogP contribution < -0.4 is 0 Å². The van der Waals surface area contributed by atoms with Gasteiger partial charge in [-0.05, 0) is 76.0 Å². The largest absolute Gasteiger partial charge is 0.478 e. The SMILES string of the molecule is CC(C)(C)OC(=O)C=C[C@H]1CC[C@H](c2ccc(C(=O)O)cc2)CC1. The van der Waals surface area contributed by atoms with Crippen molar-refractivity contribution in [2.24, 2.45) is 5.92 Å². The van der Waals surface area contributed by atoms with E-state index in [1.54, 1.807) is 18.2 Å². The van der Waals surface area contributed by atoms with E-state index in [0.717, 1.165) is 25.7 Å². The number of rotatable bonds is 4. The number of hydrogen-bond donors (Lipinski definition) is 1. The molecule has 0 saturated heterocycles. The highest BCUT2D eigenvalue weighted by Crippen LogP contribution is 2.36. The summed E-state index contributed by atoms with van der Waals surface area (Å²) in [7, 11) is 0. The molecule has 1 aliphatic carbocycles. The van der Waals surface area contributed by atoms with Crippen molar-refractivity contribution in [3.63, 3.8) is 0 Å². The lowest BCUT2D eigenvalue weighted by Crippen LogP contribution is -2.22. The summed E-state index contributed by atoms with van der Waals surface area (Å²) in [6.45, 7) is 5.58. The van der Waals surface area contributed by atoms with Gasteiger partial charge in [-0.15, -0.1) is 0 Å². The molecule has 1 aromatic rings. The summed E-state index contributed by atoms with van der Waals surface area (Å²) in [5.41, 5.74) is 1.07. The molecule has 0 atom stereocenters. The zero-order valence-electron chi connectivity index (χ0n) is 14.6. The van der Waals surface area contributed by atoms with Crippen LogP contribution in [0.25, 0.3) is 0 Å². The average Bonchev–Trinajstić information content (AvgIpc) is 2.52. The highest BCUT2D eigenvalue weighted by molar-refractivity contribution is 5.87. The fraction of sp³-hybridized carbons (Fsp3) is 0.500. The van der Waals surface area contributed by atoms with Crippen LogP contribution in [0.1, 0.15) is 68.3 Å². The van der Waals surface area contributed by atoms with E-state index in [1.165, 1.54) is 5.56 Å². The second-order valence-electron chi connectivity index (χ2n) is 7.43. The number of ether oxygens (including phenoxy) is 1. The maximum Gasteiger partial charge on any atom is 0.335 e. The molecule has 1 fully saturated rings. The van der Waals surface area contributed by atoms with Crippen molar-refractivity contribution in [1.82, 2.24) is 0 Å². The Morgan fingerprint density at radius 2 is 1.67 bits per heavy atom. The summed E-state index contributed by atoms with van der Waals surface area (Å²) in [4.78, 5) is 22.6. The van der Waals surface area contributed by atoms with Crippen molar-refractivity contribution in [2.45, 2.75) is 58.0 Å². The van der Waals surface area contributed by atoms with E-state index in [2.05, 4.69) is 0 Å². The van der Waals surface area contributed by atoms with Gasteiger partial charge >= 0.3 is 11.9 Å². The molecule has 2 rings (SSSR count). The zero-order chi connectivity index (χ0) is 17.7. The zero-order valence-corrected chi connectivity index (χ0v) is 14.6. The van der Waals surface area contributed by atoms with Crippen molar-refractivity contribution >= 4 is 11.9 Å². The van der Waals surface area contributed by atoms with Crippen LogP contribution >= 0.6 is 0 Å². The molecule has 0 heterocycles. The molecule has 0 spiro atoms. The van der Waals surface area contributed by atoms with E-state index in [0.29, 0.717) is 17.4 Å². The lowest BCUT2D eigenvalue weighted by atomic mass is 9.78. The third kappa shape index (κ3) is 5.52. The minimum absolute atomic E-state index is 0.283. The van der Waals surface area contributed by atoms with Crippen LogP contribution in [-0.2, 0) is 9.53 Å². The smallest absolute Gasteiger partial charge is 0.335 e. The van der Waals surface area contributed by atoms with Crippen molar-refractivity contribution in [2.75, 3.05) is 0 Å². The molecule has 24 heavy (non-hydrogen) atoms. The number of carbonyl (C=O) groups is 2. The van der Waals surface area contributed by atoms with Gasteiger partial charge in [-0.1, -0.05) is 18.2 Å². The van der Waals surface area contributed by atoms with E-state index in [1.807, 2.05) is 39.0 Å². The number of carboxylic acid groups (broad SMARTS) is 1. The number of carbonyl (C=O) groups excluding carboxylic acids is 1. The normalized spacial score (nSPS) is 21.6. The highest BCUT2D eigenvalue weighted by atomic mass is 16.6. The van der Waals surface area contributed by atoms with Gasteiger partial charge in [0.2, 0.25) is 0 Å². The van der Waals surface area contributed by atoms with Gasteiger partial charge in [0.25, 0.3) is 0 Å².